The number of hydrogen-bond donors (Lipinski definition) is 1. The summed E-state index contributed by atoms with van der Waals surface area (Å²) in [6.45, 7) is 3.16. The SMILES string of the molecule is COC(=O)c1[nH]cc(C(C)=O)c1C. The van der Waals surface area contributed by atoms with Crippen LogP contribution in [0.4, 0.5) is 0 Å². The van der Waals surface area contributed by atoms with Crippen LogP contribution in [0.2, 0.25) is 0 Å². The quantitative estimate of drug-likeness (QED) is 0.552. The highest BCUT2D eigenvalue weighted by molar-refractivity contribution is 5.99. The van der Waals surface area contributed by atoms with E-state index in [-0.39, 0.29) is 5.78 Å². The Morgan fingerprint density at radius 1 is 1.46 bits per heavy atom. The van der Waals surface area contributed by atoms with Crippen LogP contribution in [0.3, 0.4) is 0 Å². The van der Waals surface area contributed by atoms with E-state index in [0.29, 0.717) is 16.8 Å². The average molecular weight is 181 g/mol. The lowest BCUT2D eigenvalue weighted by molar-refractivity contribution is 0.0594. The van der Waals surface area contributed by atoms with Crippen molar-refractivity contribution in [3.63, 3.8) is 0 Å². The van der Waals surface area contributed by atoms with Gasteiger partial charge in [-0.2, -0.15) is 0 Å². The van der Waals surface area contributed by atoms with E-state index in [9.17, 15) is 9.59 Å². The summed E-state index contributed by atoms with van der Waals surface area (Å²) in [6, 6.07) is 0. The maximum absolute atomic E-state index is 11.1. The number of H-pyrrole nitrogens is 1. The number of ether oxygens (including phenoxy) is 1. The molecule has 1 aromatic heterocycles. The van der Waals surface area contributed by atoms with Gasteiger partial charge in [-0.15, -0.1) is 0 Å². The fourth-order valence-corrected chi connectivity index (χ4v) is 1.18. The second kappa shape index (κ2) is 3.43. The number of methoxy groups -OCH3 is 1. The lowest BCUT2D eigenvalue weighted by Crippen LogP contribution is -2.04. The van der Waals surface area contributed by atoms with Crippen LogP contribution in [0.5, 0.6) is 0 Å². The summed E-state index contributed by atoms with van der Waals surface area (Å²) in [5.74, 6) is -0.520. The number of Topliss-reactive ketones (excluding diaryl/α,β-unsaturated/α-hetero) is 1. The Balaban J connectivity index is 3.13. The van der Waals surface area contributed by atoms with Crippen molar-refractivity contribution in [1.82, 2.24) is 4.98 Å². The minimum atomic E-state index is -0.454. The summed E-state index contributed by atoms with van der Waals surface area (Å²) in [6.07, 6.45) is 1.52. The van der Waals surface area contributed by atoms with Crippen LogP contribution in [-0.4, -0.2) is 23.8 Å². The molecule has 1 heterocycles. The number of hydrogen-bond acceptors (Lipinski definition) is 3. The van der Waals surface area contributed by atoms with Crippen LogP contribution < -0.4 is 0 Å². The molecular weight excluding hydrogens is 170 g/mol. The number of carbonyl (C=O) groups excluding carboxylic acids is 2. The lowest BCUT2D eigenvalue weighted by Gasteiger charge is -1.97. The van der Waals surface area contributed by atoms with Gasteiger partial charge in [0.05, 0.1) is 7.11 Å². The molecule has 0 amide bonds. The maximum Gasteiger partial charge on any atom is 0.354 e. The Bertz CT molecular complexity index is 352. The number of aromatic nitrogens is 1. The minimum Gasteiger partial charge on any atom is -0.464 e. The van der Waals surface area contributed by atoms with Crippen LogP contribution in [0.15, 0.2) is 6.20 Å². The average Bonchev–Trinajstić information content (AvgIpc) is 2.46. The molecule has 1 N–H and O–H groups in total. The van der Waals surface area contributed by atoms with E-state index in [1.807, 2.05) is 0 Å². The molecule has 0 aromatic carbocycles. The van der Waals surface area contributed by atoms with Crippen LogP contribution >= 0.6 is 0 Å². The van der Waals surface area contributed by atoms with Crippen molar-refractivity contribution in [2.24, 2.45) is 0 Å². The van der Waals surface area contributed by atoms with Gasteiger partial charge in [0, 0.05) is 11.8 Å². The predicted octanol–water partition coefficient (Wildman–Crippen LogP) is 1.31. The third-order valence-corrected chi connectivity index (χ3v) is 1.91. The van der Waals surface area contributed by atoms with E-state index in [1.54, 1.807) is 6.92 Å². The molecule has 0 fully saturated rings. The summed E-state index contributed by atoms with van der Waals surface area (Å²) in [4.78, 5) is 24.8. The summed E-state index contributed by atoms with van der Waals surface area (Å²) in [7, 11) is 1.30. The highest BCUT2D eigenvalue weighted by atomic mass is 16.5. The van der Waals surface area contributed by atoms with E-state index in [2.05, 4.69) is 9.72 Å². The zero-order valence-electron chi connectivity index (χ0n) is 7.80. The van der Waals surface area contributed by atoms with Crippen molar-refractivity contribution in [3.8, 4) is 0 Å². The first-order valence-corrected chi connectivity index (χ1v) is 3.85. The van der Waals surface area contributed by atoms with Gasteiger partial charge in [0.2, 0.25) is 0 Å². The largest absolute Gasteiger partial charge is 0.464 e. The van der Waals surface area contributed by atoms with Gasteiger partial charge in [0.15, 0.2) is 5.78 Å². The Labute approximate surface area is 75.9 Å². The van der Waals surface area contributed by atoms with Crippen molar-refractivity contribution in [3.05, 3.63) is 23.0 Å². The fraction of sp³-hybridized carbons (Fsp3) is 0.333. The van der Waals surface area contributed by atoms with Crippen molar-refractivity contribution in [2.45, 2.75) is 13.8 Å². The van der Waals surface area contributed by atoms with Gasteiger partial charge in [-0.05, 0) is 19.4 Å². The molecule has 0 aliphatic rings. The molecule has 0 saturated carbocycles. The number of nitrogens with one attached hydrogen (secondary N) is 1. The highest BCUT2D eigenvalue weighted by Gasteiger charge is 2.16. The van der Waals surface area contributed by atoms with E-state index in [0.717, 1.165) is 0 Å². The van der Waals surface area contributed by atoms with E-state index in [4.69, 9.17) is 0 Å². The van der Waals surface area contributed by atoms with Crippen molar-refractivity contribution < 1.29 is 14.3 Å². The van der Waals surface area contributed by atoms with Gasteiger partial charge in [0.25, 0.3) is 0 Å². The molecule has 70 valence electrons. The molecule has 0 radical (unpaired) electrons. The maximum atomic E-state index is 11.1. The molecule has 0 aliphatic carbocycles. The zero-order chi connectivity index (χ0) is 10.0. The molecule has 4 nitrogen and oxygen atoms in total. The molecule has 0 bridgehead atoms. The summed E-state index contributed by atoms with van der Waals surface area (Å²) in [5, 5.41) is 0. The van der Waals surface area contributed by atoms with E-state index in [1.165, 1.54) is 20.2 Å². The van der Waals surface area contributed by atoms with Crippen molar-refractivity contribution in [2.75, 3.05) is 7.11 Å². The summed E-state index contributed by atoms with van der Waals surface area (Å²) in [5.41, 5.74) is 1.51. The fourth-order valence-electron chi connectivity index (χ4n) is 1.18. The third-order valence-electron chi connectivity index (χ3n) is 1.91. The molecule has 0 atom stereocenters. The number of ketones is 1. The van der Waals surface area contributed by atoms with Gasteiger partial charge in [-0.25, -0.2) is 4.79 Å². The minimum absolute atomic E-state index is 0.0658. The standard InChI is InChI=1S/C9H11NO3/c1-5-7(6(2)11)4-10-8(5)9(12)13-3/h4,10H,1-3H3. The van der Waals surface area contributed by atoms with Crippen LogP contribution in [0.1, 0.15) is 33.3 Å². The number of carbonyl (C=O) groups is 2. The van der Waals surface area contributed by atoms with Crippen molar-refractivity contribution in [1.29, 1.82) is 0 Å². The Morgan fingerprint density at radius 3 is 2.46 bits per heavy atom. The molecule has 0 unspecified atom stereocenters. The predicted molar refractivity (Wildman–Crippen MR) is 46.9 cm³/mol. The van der Waals surface area contributed by atoms with E-state index >= 15 is 0 Å². The molecule has 0 saturated heterocycles. The number of aromatic amines is 1. The van der Waals surface area contributed by atoms with Crippen LogP contribution in [0.25, 0.3) is 0 Å². The van der Waals surface area contributed by atoms with Gasteiger partial charge >= 0.3 is 5.97 Å². The molecule has 1 aromatic rings. The topological polar surface area (TPSA) is 59.2 Å². The van der Waals surface area contributed by atoms with E-state index < -0.39 is 5.97 Å². The molecule has 4 heteroatoms. The summed E-state index contributed by atoms with van der Waals surface area (Å²) < 4.78 is 4.53. The first kappa shape index (κ1) is 9.51. The van der Waals surface area contributed by atoms with Crippen LogP contribution in [-0.2, 0) is 4.74 Å². The normalized spacial score (nSPS) is 9.77. The first-order chi connectivity index (χ1) is 6.07. The number of esters is 1. The van der Waals surface area contributed by atoms with Gasteiger partial charge in [-0.3, -0.25) is 4.79 Å². The Kier molecular flexibility index (Phi) is 2.51. The molecular formula is C9H11NO3. The Hall–Kier alpha value is -1.58. The smallest absolute Gasteiger partial charge is 0.354 e. The second-order valence-electron chi connectivity index (χ2n) is 2.75. The molecule has 13 heavy (non-hydrogen) atoms. The second-order valence-corrected chi connectivity index (χ2v) is 2.75. The molecule has 1 rings (SSSR count). The van der Waals surface area contributed by atoms with Gasteiger partial charge in [-0.1, -0.05) is 0 Å². The molecule has 0 spiro atoms. The first-order valence-electron chi connectivity index (χ1n) is 3.85. The van der Waals surface area contributed by atoms with Gasteiger partial charge in [0.1, 0.15) is 5.69 Å². The highest BCUT2D eigenvalue weighted by Crippen LogP contribution is 2.13. The third kappa shape index (κ3) is 1.61. The van der Waals surface area contributed by atoms with Crippen LogP contribution in [0, 0.1) is 6.92 Å². The zero-order valence-corrected chi connectivity index (χ0v) is 7.80. The van der Waals surface area contributed by atoms with Gasteiger partial charge < -0.3 is 9.72 Å². The molecule has 0 aliphatic heterocycles. The summed E-state index contributed by atoms with van der Waals surface area (Å²) >= 11 is 0. The Morgan fingerprint density at radius 2 is 2.08 bits per heavy atom. The number of rotatable bonds is 2. The van der Waals surface area contributed by atoms with Crippen molar-refractivity contribution >= 4 is 11.8 Å². The lowest BCUT2D eigenvalue weighted by atomic mass is 10.1. The monoisotopic (exact) mass is 181 g/mol.